The monoisotopic (exact) mass is 265 g/mol. The summed E-state index contributed by atoms with van der Waals surface area (Å²) in [6.07, 6.45) is 5.82. The zero-order valence-corrected chi connectivity index (χ0v) is 12.4. The van der Waals surface area contributed by atoms with Crippen molar-refractivity contribution in [1.29, 1.82) is 0 Å². The number of hydrazine groups is 1. The van der Waals surface area contributed by atoms with Crippen molar-refractivity contribution in [2.45, 2.75) is 52.9 Å². The molecule has 1 atom stereocenters. The molecule has 0 fully saturated rings. The third-order valence-corrected chi connectivity index (χ3v) is 3.35. The lowest BCUT2D eigenvalue weighted by Crippen LogP contribution is -2.16. The molecule has 0 aliphatic heterocycles. The van der Waals surface area contributed by atoms with Crippen molar-refractivity contribution in [3.8, 4) is 0 Å². The number of hydrogen-bond acceptors (Lipinski definition) is 5. The average molecular weight is 265 g/mol. The first-order valence-electron chi connectivity index (χ1n) is 7.31. The number of unbranched alkanes of at least 4 members (excludes halogenated alkanes) is 1. The molecule has 0 saturated carbocycles. The average Bonchev–Trinajstić information content (AvgIpc) is 2.47. The fourth-order valence-electron chi connectivity index (χ4n) is 2.01. The number of aryl methyl sites for hydroxylation is 1. The molecule has 0 spiro atoms. The number of nitrogens with one attached hydrogen (secondary N) is 2. The molecule has 0 amide bonds. The molecule has 1 aromatic heterocycles. The first-order valence-corrected chi connectivity index (χ1v) is 7.31. The van der Waals surface area contributed by atoms with Gasteiger partial charge in [-0.1, -0.05) is 40.0 Å². The normalized spacial score (nSPS) is 12.2. The Hall–Kier alpha value is -1.36. The lowest BCUT2D eigenvalue weighted by atomic mass is 9.99. The molecule has 1 unspecified atom stereocenters. The van der Waals surface area contributed by atoms with Gasteiger partial charge in [0.2, 0.25) is 0 Å². The summed E-state index contributed by atoms with van der Waals surface area (Å²) in [5, 5.41) is 3.41. The highest BCUT2D eigenvalue weighted by Crippen LogP contribution is 2.15. The molecule has 5 nitrogen and oxygen atoms in total. The first-order chi connectivity index (χ1) is 9.23. The summed E-state index contributed by atoms with van der Waals surface area (Å²) in [7, 11) is 0. The molecule has 1 aromatic rings. The Kier molecular flexibility index (Phi) is 7.18. The molecule has 0 saturated heterocycles. The van der Waals surface area contributed by atoms with Crippen molar-refractivity contribution in [2.24, 2.45) is 11.8 Å². The summed E-state index contributed by atoms with van der Waals surface area (Å²) in [5.74, 6) is 8.45. The lowest BCUT2D eigenvalue weighted by Gasteiger charge is -2.16. The second-order valence-electron chi connectivity index (χ2n) is 4.85. The Balaban J connectivity index is 2.60. The number of anilines is 2. The molecule has 0 radical (unpaired) electrons. The molecule has 5 heteroatoms. The molecule has 0 aromatic carbocycles. The van der Waals surface area contributed by atoms with Gasteiger partial charge < -0.3 is 10.7 Å². The molecular weight excluding hydrogens is 238 g/mol. The Bertz CT molecular complexity index is 345. The number of nitrogen functional groups attached to an aromatic ring is 1. The van der Waals surface area contributed by atoms with Crippen molar-refractivity contribution in [3.63, 3.8) is 0 Å². The molecule has 108 valence electrons. The van der Waals surface area contributed by atoms with Gasteiger partial charge in [-0.05, 0) is 12.3 Å². The molecule has 0 bridgehead atoms. The summed E-state index contributed by atoms with van der Waals surface area (Å²) in [4.78, 5) is 8.75. The molecule has 0 aliphatic rings. The topological polar surface area (TPSA) is 75.9 Å². The van der Waals surface area contributed by atoms with Crippen molar-refractivity contribution < 1.29 is 0 Å². The van der Waals surface area contributed by atoms with E-state index in [1.807, 2.05) is 13.0 Å². The number of nitrogens with zero attached hydrogens (tertiary/aromatic N) is 2. The van der Waals surface area contributed by atoms with Gasteiger partial charge in [-0.2, -0.15) is 0 Å². The van der Waals surface area contributed by atoms with Gasteiger partial charge in [-0.15, -0.1) is 0 Å². The third kappa shape index (κ3) is 5.42. The van der Waals surface area contributed by atoms with E-state index in [4.69, 9.17) is 5.84 Å². The van der Waals surface area contributed by atoms with Crippen LogP contribution in [0.1, 0.15) is 52.3 Å². The van der Waals surface area contributed by atoms with Crippen molar-refractivity contribution >= 4 is 11.6 Å². The lowest BCUT2D eigenvalue weighted by molar-refractivity contribution is 0.472. The molecule has 19 heavy (non-hydrogen) atoms. The largest absolute Gasteiger partial charge is 0.370 e. The highest BCUT2D eigenvalue weighted by Gasteiger charge is 2.07. The van der Waals surface area contributed by atoms with Crippen LogP contribution in [0, 0.1) is 5.92 Å². The Morgan fingerprint density at radius 1 is 1.21 bits per heavy atom. The SMILES string of the molecule is CCCCC(CC)CNc1cc(NN)nc(CC)n1. The van der Waals surface area contributed by atoms with Gasteiger partial charge in [0.05, 0.1) is 0 Å². The van der Waals surface area contributed by atoms with Gasteiger partial charge >= 0.3 is 0 Å². The maximum atomic E-state index is 5.42. The highest BCUT2D eigenvalue weighted by atomic mass is 15.3. The Morgan fingerprint density at radius 3 is 2.53 bits per heavy atom. The van der Waals surface area contributed by atoms with E-state index in [1.54, 1.807) is 0 Å². The second kappa shape index (κ2) is 8.69. The van der Waals surface area contributed by atoms with Crippen LogP contribution in [-0.4, -0.2) is 16.5 Å². The molecule has 1 heterocycles. The smallest absolute Gasteiger partial charge is 0.145 e. The van der Waals surface area contributed by atoms with Crippen LogP contribution in [0.25, 0.3) is 0 Å². The van der Waals surface area contributed by atoms with E-state index < -0.39 is 0 Å². The van der Waals surface area contributed by atoms with E-state index in [0.717, 1.165) is 24.6 Å². The quantitative estimate of drug-likeness (QED) is 0.473. The van der Waals surface area contributed by atoms with Crippen LogP contribution in [0.5, 0.6) is 0 Å². The van der Waals surface area contributed by atoms with Gasteiger partial charge in [0.15, 0.2) is 0 Å². The van der Waals surface area contributed by atoms with Crippen LogP contribution < -0.4 is 16.6 Å². The third-order valence-electron chi connectivity index (χ3n) is 3.35. The summed E-state index contributed by atoms with van der Waals surface area (Å²) in [5.41, 5.74) is 2.59. The van der Waals surface area contributed by atoms with Gasteiger partial charge in [0, 0.05) is 19.0 Å². The molecule has 4 N–H and O–H groups in total. The van der Waals surface area contributed by atoms with E-state index in [0.29, 0.717) is 11.7 Å². The minimum absolute atomic E-state index is 0.663. The van der Waals surface area contributed by atoms with E-state index in [2.05, 4.69) is 34.6 Å². The van der Waals surface area contributed by atoms with Crippen LogP contribution in [0.3, 0.4) is 0 Å². The van der Waals surface area contributed by atoms with Crippen molar-refractivity contribution in [3.05, 3.63) is 11.9 Å². The number of rotatable bonds is 9. The first kappa shape index (κ1) is 15.7. The minimum atomic E-state index is 0.663. The van der Waals surface area contributed by atoms with Crippen LogP contribution in [-0.2, 0) is 6.42 Å². The minimum Gasteiger partial charge on any atom is -0.370 e. The zero-order chi connectivity index (χ0) is 14.1. The summed E-state index contributed by atoms with van der Waals surface area (Å²) in [6, 6.07) is 1.85. The van der Waals surface area contributed by atoms with Gasteiger partial charge in [0.1, 0.15) is 17.5 Å². The van der Waals surface area contributed by atoms with E-state index in [9.17, 15) is 0 Å². The summed E-state index contributed by atoms with van der Waals surface area (Å²) in [6.45, 7) is 7.47. The van der Waals surface area contributed by atoms with Crippen LogP contribution in [0.15, 0.2) is 6.07 Å². The number of hydrogen-bond donors (Lipinski definition) is 3. The van der Waals surface area contributed by atoms with Gasteiger partial charge in [0.25, 0.3) is 0 Å². The number of aromatic nitrogens is 2. The second-order valence-corrected chi connectivity index (χ2v) is 4.85. The predicted molar refractivity (Wildman–Crippen MR) is 81.0 cm³/mol. The van der Waals surface area contributed by atoms with Crippen LogP contribution in [0.2, 0.25) is 0 Å². The Morgan fingerprint density at radius 2 is 1.95 bits per heavy atom. The van der Waals surface area contributed by atoms with Gasteiger partial charge in [-0.3, -0.25) is 0 Å². The zero-order valence-electron chi connectivity index (χ0n) is 12.4. The fraction of sp³-hybridized carbons (Fsp3) is 0.714. The predicted octanol–water partition coefficient (Wildman–Crippen LogP) is 2.95. The molecular formula is C14H27N5. The van der Waals surface area contributed by atoms with Crippen LogP contribution in [0.4, 0.5) is 11.6 Å². The summed E-state index contributed by atoms with van der Waals surface area (Å²) >= 11 is 0. The van der Waals surface area contributed by atoms with E-state index in [-0.39, 0.29) is 0 Å². The molecule has 1 rings (SSSR count). The van der Waals surface area contributed by atoms with E-state index >= 15 is 0 Å². The van der Waals surface area contributed by atoms with Crippen molar-refractivity contribution in [2.75, 3.05) is 17.3 Å². The molecule has 0 aliphatic carbocycles. The maximum Gasteiger partial charge on any atom is 0.145 e. The summed E-state index contributed by atoms with van der Waals surface area (Å²) < 4.78 is 0. The van der Waals surface area contributed by atoms with Crippen LogP contribution >= 0.6 is 0 Å². The number of nitrogens with two attached hydrogens (primary N) is 1. The van der Waals surface area contributed by atoms with Crippen molar-refractivity contribution in [1.82, 2.24) is 9.97 Å². The maximum absolute atomic E-state index is 5.42. The van der Waals surface area contributed by atoms with Gasteiger partial charge in [-0.25, -0.2) is 15.8 Å². The van der Waals surface area contributed by atoms with E-state index in [1.165, 1.54) is 25.7 Å². The standard InChI is InChI=1S/C14H27N5/c1-4-7-8-11(5-2)10-16-13-9-14(19-15)18-12(6-3)17-13/h9,11H,4-8,10,15H2,1-3H3,(H2,16,17,18,19). The highest BCUT2D eigenvalue weighted by molar-refractivity contribution is 5.46. The Labute approximate surface area is 116 Å². The fourth-order valence-corrected chi connectivity index (χ4v) is 2.01.